The van der Waals surface area contributed by atoms with E-state index in [0.29, 0.717) is 0 Å². The van der Waals surface area contributed by atoms with Gasteiger partial charge in [0.1, 0.15) is 0 Å². The molecule has 0 fully saturated rings. The molecule has 0 unspecified atom stereocenters. The highest BCUT2D eigenvalue weighted by Gasteiger charge is 2.09. The topological polar surface area (TPSA) is 66.8 Å². The molecule has 0 heterocycles. The second kappa shape index (κ2) is 3.13. The second-order valence-electron chi connectivity index (χ2n) is 2.15. The van der Waals surface area contributed by atoms with E-state index in [0.717, 1.165) is 12.1 Å². The normalized spacial score (nSPS) is 9.42. The molecule has 0 saturated carbocycles. The van der Waals surface area contributed by atoms with E-state index in [9.17, 15) is 4.79 Å². The fourth-order valence-corrected chi connectivity index (χ4v) is 0.867. The molecule has 0 saturated heterocycles. The highest BCUT2D eigenvalue weighted by Crippen LogP contribution is 2.35. The Morgan fingerprint density at radius 3 is 2.17 bits per heavy atom. The van der Waals surface area contributed by atoms with Crippen LogP contribution in [0, 0.1) is 0 Å². The molecule has 4 nitrogen and oxygen atoms in total. The van der Waals surface area contributed by atoms with Gasteiger partial charge in [0.05, 0.1) is 7.11 Å². The lowest BCUT2D eigenvalue weighted by molar-refractivity contribution is 0.344. The Morgan fingerprint density at radius 1 is 1.33 bits per heavy atom. The first-order valence-corrected chi connectivity index (χ1v) is 3.17. The lowest BCUT2D eigenvalue weighted by Gasteiger charge is -2.05. The number of hydrogen-bond donors (Lipinski definition) is 2. The zero-order valence-electron chi connectivity index (χ0n) is 6.37. The summed E-state index contributed by atoms with van der Waals surface area (Å²) in [4.78, 5) is 10.1. The van der Waals surface area contributed by atoms with Gasteiger partial charge >= 0.3 is 0 Å². The highest BCUT2D eigenvalue weighted by molar-refractivity contribution is 5.78. The number of aromatic hydroxyl groups is 2. The molecule has 1 rings (SSSR count). The van der Waals surface area contributed by atoms with Crippen molar-refractivity contribution >= 4 is 6.29 Å². The van der Waals surface area contributed by atoms with Crippen LogP contribution < -0.4 is 4.74 Å². The van der Waals surface area contributed by atoms with Crippen LogP contribution in [0.5, 0.6) is 17.2 Å². The Bertz CT molecular complexity index is 283. The summed E-state index contributed by atoms with van der Waals surface area (Å²) in [7, 11) is 1.30. The Balaban J connectivity index is 3.27. The van der Waals surface area contributed by atoms with Gasteiger partial charge in [-0.1, -0.05) is 0 Å². The molecule has 0 aromatic heterocycles. The van der Waals surface area contributed by atoms with Gasteiger partial charge in [0.25, 0.3) is 0 Å². The minimum atomic E-state index is -0.282. The lowest BCUT2D eigenvalue weighted by atomic mass is 10.2. The van der Waals surface area contributed by atoms with Gasteiger partial charge in [0, 0.05) is 5.56 Å². The van der Waals surface area contributed by atoms with Crippen LogP contribution in [0.2, 0.25) is 0 Å². The van der Waals surface area contributed by atoms with Gasteiger partial charge in [-0.05, 0) is 12.1 Å². The molecular weight excluding hydrogens is 160 g/mol. The van der Waals surface area contributed by atoms with E-state index in [2.05, 4.69) is 4.74 Å². The maximum atomic E-state index is 10.1. The molecule has 0 atom stereocenters. The van der Waals surface area contributed by atoms with E-state index in [-0.39, 0.29) is 22.8 Å². The smallest absolute Gasteiger partial charge is 0.233 e. The van der Waals surface area contributed by atoms with Crippen LogP contribution in [-0.2, 0) is 4.79 Å². The van der Waals surface area contributed by atoms with Gasteiger partial charge in [-0.3, -0.25) is 4.79 Å². The zero-order chi connectivity index (χ0) is 9.14. The molecule has 1 aromatic rings. The lowest BCUT2D eigenvalue weighted by Crippen LogP contribution is -1.87. The fourth-order valence-electron chi connectivity index (χ4n) is 0.867. The molecule has 0 aliphatic carbocycles. The van der Waals surface area contributed by atoms with Gasteiger partial charge in [0.2, 0.25) is 12.0 Å². The van der Waals surface area contributed by atoms with E-state index < -0.39 is 0 Å². The minimum absolute atomic E-state index is 0.0472. The largest absolute Gasteiger partial charge is 0.504 e. The summed E-state index contributed by atoms with van der Waals surface area (Å²) >= 11 is 0. The van der Waals surface area contributed by atoms with E-state index in [4.69, 9.17) is 10.2 Å². The van der Waals surface area contributed by atoms with Crippen LogP contribution in [0.3, 0.4) is 0 Å². The number of methoxy groups -OCH3 is 1. The third kappa shape index (κ3) is 1.32. The van der Waals surface area contributed by atoms with Crippen molar-refractivity contribution in [3.63, 3.8) is 0 Å². The van der Waals surface area contributed by atoms with Crippen molar-refractivity contribution in [1.82, 2.24) is 0 Å². The highest BCUT2D eigenvalue weighted by atomic mass is 16.5. The Hall–Kier alpha value is -1.71. The third-order valence-corrected chi connectivity index (χ3v) is 1.37. The van der Waals surface area contributed by atoms with Crippen molar-refractivity contribution < 1.29 is 19.7 Å². The summed E-state index contributed by atoms with van der Waals surface area (Å²) in [5.74, 6) is -0.610. The summed E-state index contributed by atoms with van der Waals surface area (Å²) in [6.45, 7) is 0. The quantitative estimate of drug-likeness (QED) is 0.675. The number of ether oxygens (including phenoxy) is 1. The first kappa shape index (κ1) is 8.39. The molecule has 0 spiro atoms. The van der Waals surface area contributed by atoms with Crippen LogP contribution in [0.15, 0.2) is 12.1 Å². The summed E-state index contributed by atoms with van der Waals surface area (Å²) in [6, 6.07) is 2.32. The molecule has 0 aliphatic rings. The standard InChI is InChI=1S/C8H7O4/c1-12-8-6(10)2-5(4-9)3-7(8)11/h2-3,10-11H,1H3. The summed E-state index contributed by atoms with van der Waals surface area (Å²) in [5.41, 5.74) is 0.0748. The molecule has 1 radical (unpaired) electrons. The van der Waals surface area contributed by atoms with Crippen molar-refractivity contribution in [1.29, 1.82) is 0 Å². The average molecular weight is 167 g/mol. The SMILES string of the molecule is COc1c(O)cc([C]=O)cc1O. The Labute approximate surface area is 69.0 Å². The second-order valence-corrected chi connectivity index (χ2v) is 2.15. The van der Waals surface area contributed by atoms with E-state index in [1.807, 2.05) is 0 Å². The van der Waals surface area contributed by atoms with E-state index >= 15 is 0 Å². The maximum Gasteiger partial charge on any atom is 0.233 e. The van der Waals surface area contributed by atoms with Gasteiger partial charge in [-0.25, -0.2) is 0 Å². The first-order chi connectivity index (χ1) is 5.69. The summed E-state index contributed by atoms with van der Waals surface area (Å²) in [6.07, 6.45) is 1.53. The van der Waals surface area contributed by atoms with Crippen molar-refractivity contribution in [2.75, 3.05) is 7.11 Å². The third-order valence-electron chi connectivity index (χ3n) is 1.37. The molecule has 0 bridgehead atoms. The van der Waals surface area contributed by atoms with Crippen molar-refractivity contribution in [3.8, 4) is 17.2 Å². The number of rotatable bonds is 2. The molecule has 63 valence electrons. The van der Waals surface area contributed by atoms with Crippen LogP contribution in [0.1, 0.15) is 5.56 Å². The number of benzene rings is 1. The number of hydrogen-bond acceptors (Lipinski definition) is 4. The summed E-state index contributed by atoms with van der Waals surface area (Å²) in [5, 5.41) is 18.3. The van der Waals surface area contributed by atoms with Crippen molar-refractivity contribution in [2.45, 2.75) is 0 Å². The van der Waals surface area contributed by atoms with Gasteiger partial charge < -0.3 is 14.9 Å². The van der Waals surface area contributed by atoms with Gasteiger partial charge in [0.15, 0.2) is 11.5 Å². The molecule has 0 amide bonds. The number of carbonyl (C=O) groups excluding carboxylic acids is 1. The van der Waals surface area contributed by atoms with Crippen LogP contribution in [0.4, 0.5) is 0 Å². The predicted molar refractivity (Wildman–Crippen MR) is 41.1 cm³/mol. The molecule has 1 aromatic carbocycles. The number of phenols is 2. The molecule has 4 heteroatoms. The Morgan fingerprint density at radius 2 is 1.83 bits per heavy atom. The Kier molecular flexibility index (Phi) is 2.19. The predicted octanol–water partition coefficient (Wildman–Crippen LogP) is 0.564. The van der Waals surface area contributed by atoms with Crippen molar-refractivity contribution in [2.24, 2.45) is 0 Å². The average Bonchev–Trinajstić information content (AvgIpc) is 2.03. The van der Waals surface area contributed by atoms with E-state index in [1.165, 1.54) is 13.4 Å². The molecular formula is C8H7O4. The molecule has 12 heavy (non-hydrogen) atoms. The number of phenolic OH excluding ortho intramolecular Hbond substituents is 2. The summed E-state index contributed by atoms with van der Waals surface area (Å²) < 4.78 is 4.65. The monoisotopic (exact) mass is 167 g/mol. The first-order valence-electron chi connectivity index (χ1n) is 3.17. The van der Waals surface area contributed by atoms with Crippen LogP contribution in [0.25, 0.3) is 0 Å². The van der Waals surface area contributed by atoms with Gasteiger partial charge in [-0.15, -0.1) is 0 Å². The fraction of sp³-hybridized carbons (Fsp3) is 0.125. The zero-order valence-corrected chi connectivity index (χ0v) is 6.37. The van der Waals surface area contributed by atoms with Crippen molar-refractivity contribution in [3.05, 3.63) is 17.7 Å². The van der Waals surface area contributed by atoms with Crippen LogP contribution in [-0.4, -0.2) is 23.6 Å². The van der Waals surface area contributed by atoms with Gasteiger partial charge in [-0.2, -0.15) is 0 Å². The van der Waals surface area contributed by atoms with Crippen LogP contribution >= 0.6 is 0 Å². The minimum Gasteiger partial charge on any atom is -0.504 e. The van der Waals surface area contributed by atoms with E-state index in [1.54, 1.807) is 0 Å². The maximum absolute atomic E-state index is 10.1. The molecule has 2 N–H and O–H groups in total. The molecule has 0 aliphatic heterocycles.